The fourth-order valence-electron chi connectivity index (χ4n) is 6.27. The van der Waals surface area contributed by atoms with Gasteiger partial charge in [-0.1, -0.05) is 45.4 Å². The predicted molar refractivity (Wildman–Crippen MR) is 128 cm³/mol. The summed E-state index contributed by atoms with van der Waals surface area (Å²) in [5.74, 6) is -2.39. The summed E-state index contributed by atoms with van der Waals surface area (Å²) < 4.78 is 6.59. The summed E-state index contributed by atoms with van der Waals surface area (Å²) in [7, 11) is 0. The van der Waals surface area contributed by atoms with Gasteiger partial charge >= 0.3 is 0 Å². The first-order valence-corrected chi connectivity index (χ1v) is 12.5. The van der Waals surface area contributed by atoms with Crippen LogP contribution in [0.1, 0.15) is 53.4 Å². The molecular formula is C26H37N3O5. The Morgan fingerprint density at radius 1 is 1.21 bits per heavy atom. The first-order chi connectivity index (χ1) is 16.2. The molecule has 0 aromatic heterocycles. The van der Waals surface area contributed by atoms with Gasteiger partial charge in [0.05, 0.1) is 30.1 Å². The van der Waals surface area contributed by atoms with Crippen LogP contribution in [-0.4, -0.2) is 64.2 Å². The lowest BCUT2D eigenvalue weighted by atomic mass is 9.66. The Hall–Kier alpha value is -2.45. The highest BCUT2D eigenvalue weighted by Crippen LogP contribution is 2.63. The largest absolute Gasteiger partial charge is 0.394 e. The Morgan fingerprint density at radius 2 is 1.91 bits per heavy atom. The average Bonchev–Trinajstić information content (AvgIpc) is 3.36. The van der Waals surface area contributed by atoms with Gasteiger partial charge < -0.3 is 25.4 Å². The number of anilines is 1. The van der Waals surface area contributed by atoms with E-state index in [9.17, 15) is 19.5 Å². The molecule has 34 heavy (non-hydrogen) atoms. The lowest BCUT2D eigenvalue weighted by Gasteiger charge is -2.38. The van der Waals surface area contributed by atoms with Gasteiger partial charge in [0.25, 0.3) is 0 Å². The molecule has 1 spiro atoms. The van der Waals surface area contributed by atoms with Crippen molar-refractivity contribution in [3.05, 3.63) is 30.3 Å². The SMILES string of the molecule is CCCCNC(=O)C1N([C@@H](CO)C(C)C)C(=O)[C@@H]2[C@H](C(=O)Nc3ccccc3)[C@]3(C)CCC12O3. The number of carbonyl (C=O) groups excluding carboxylic acids is 3. The number of rotatable bonds is 9. The van der Waals surface area contributed by atoms with E-state index in [1.54, 1.807) is 12.1 Å². The van der Waals surface area contributed by atoms with Crippen molar-refractivity contribution in [3.63, 3.8) is 0 Å². The number of benzene rings is 1. The van der Waals surface area contributed by atoms with E-state index in [0.717, 1.165) is 12.8 Å². The third-order valence-corrected chi connectivity index (χ3v) is 7.93. The van der Waals surface area contributed by atoms with Crippen molar-refractivity contribution in [3.8, 4) is 0 Å². The van der Waals surface area contributed by atoms with Gasteiger partial charge in [0.1, 0.15) is 11.6 Å². The van der Waals surface area contributed by atoms with E-state index < -0.39 is 35.1 Å². The first kappa shape index (κ1) is 24.7. The number of aliphatic hydroxyl groups is 1. The summed E-state index contributed by atoms with van der Waals surface area (Å²) in [6, 6.07) is 7.73. The molecule has 3 amide bonds. The number of amides is 3. The second-order valence-corrected chi connectivity index (χ2v) is 10.5. The summed E-state index contributed by atoms with van der Waals surface area (Å²) in [5, 5.41) is 16.1. The number of likely N-dealkylation sites (tertiary alicyclic amines) is 1. The van der Waals surface area contributed by atoms with Crippen molar-refractivity contribution in [1.82, 2.24) is 10.2 Å². The molecule has 0 aliphatic carbocycles. The minimum atomic E-state index is -1.08. The minimum Gasteiger partial charge on any atom is -0.394 e. The van der Waals surface area contributed by atoms with Crippen LogP contribution in [0.25, 0.3) is 0 Å². The van der Waals surface area contributed by atoms with Gasteiger partial charge in [-0.15, -0.1) is 0 Å². The molecule has 0 radical (unpaired) electrons. The molecule has 8 nitrogen and oxygen atoms in total. The van der Waals surface area contributed by atoms with Crippen LogP contribution in [0, 0.1) is 17.8 Å². The van der Waals surface area contributed by atoms with Crippen LogP contribution in [0.5, 0.6) is 0 Å². The number of carbonyl (C=O) groups is 3. The maximum absolute atomic E-state index is 14.0. The Labute approximate surface area is 201 Å². The van der Waals surface area contributed by atoms with Gasteiger partial charge in [0.15, 0.2) is 0 Å². The lowest BCUT2D eigenvalue weighted by molar-refractivity contribution is -0.150. The minimum absolute atomic E-state index is 0.0699. The Balaban J connectivity index is 1.72. The molecule has 8 heteroatoms. The van der Waals surface area contributed by atoms with E-state index in [4.69, 9.17) is 4.74 Å². The summed E-state index contributed by atoms with van der Waals surface area (Å²) in [4.78, 5) is 42.6. The molecule has 186 valence electrons. The number of aliphatic hydroxyl groups excluding tert-OH is 1. The zero-order chi connectivity index (χ0) is 24.7. The quantitative estimate of drug-likeness (QED) is 0.479. The zero-order valence-corrected chi connectivity index (χ0v) is 20.5. The number of fused-ring (bicyclic) bond motifs is 1. The standard InChI is InChI=1S/C26H37N3O5/c1-5-6-14-27-23(32)21-26-13-12-25(4,34-26)19(22(31)28-17-10-8-7-9-11-17)20(26)24(33)29(21)18(15-30)16(2)3/h7-11,16,18-21,30H,5-6,12-15H2,1-4H3,(H,27,32)(H,28,31)/t18-,19+,20-,21?,25-,26?/m0/s1. The smallest absolute Gasteiger partial charge is 0.245 e. The van der Waals surface area contributed by atoms with Crippen molar-refractivity contribution in [2.24, 2.45) is 17.8 Å². The highest BCUT2D eigenvalue weighted by Gasteiger charge is 2.78. The van der Waals surface area contributed by atoms with Gasteiger partial charge in [0, 0.05) is 12.2 Å². The van der Waals surface area contributed by atoms with E-state index in [-0.39, 0.29) is 30.2 Å². The molecule has 2 unspecified atom stereocenters. The molecule has 3 heterocycles. The van der Waals surface area contributed by atoms with Crippen LogP contribution in [0.4, 0.5) is 5.69 Å². The lowest BCUT2D eigenvalue weighted by Crippen LogP contribution is -2.59. The number of nitrogens with one attached hydrogen (secondary N) is 2. The maximum atomic E-state index is 14.0. The number of para-hydroxylation sites is 1. The topological polar surface area (TPSA) is 108 Å². The Morgan fingerprint density at radius 3 is 2.53 bits per heavy atom. The summed E-state index contributed by atoms with van der Waals surface area (Å²) >= 11 is 0. The van der Waals surface area contributed by atoms with Crippen LogP contribution in [0.2, 0.25) is 0 Å². The first-order valence-electron chi connectivity index (χ1n) is 12.5. The summed E-state index contributed by atoms with van der Waals surface area (Å²) in [6.45, 7) is 8.02. The third kappa shape index (κ3) is 3.81. The molecule has 3 saturated heterocycles. The summed E-state index contributed by atoms with van der Waals surface area (Å²) in [5.41, 5.74) is -1.26. The van der Waals surface area contributed by atoms with Gasteiger partial charge in [-0.05, 0) is 44.2 Å². The third-order valence-electron chi connectivity index (χ3n) is 7.93. The van der Waals surface area contributed by atoms with Crippen molar-refractivity contribution in [2.45, 2.75) is 76.7 Å². The number of hydrogen-bond donors (Lipinski definition) is 3. The highest BCUT2D eigenvalue weighted by atomic mass is 16.5. The van der Waals surface area contributed by atoms with Crippen LogP contribution in [0.3, 0.4) is 0 Å². The Bertz CT molecular complexity index is 938. The van der Waals surface area contributed by atoms with Crippen LogP contribution >= 0.6 is 0 Å². The van der Waals surface area contributed by atoms with E-state index >= 15 is 0 Å². The van der Waals surface area contributed by atoms with Gasteiger partial charge in [-0.2, -0.15) is 0 Å². The molecular weight excluding hydrogens is 434 g/mol. The van der Waals surface area contributed by atoms with Crippen molar-refractivity contribution in [1.29, 1.82) is 0 Å². The molecule has 3 N–H and O–H groups in total. The van der Waals surface area contributed by atoms with E-state index in [0.29, 0.717) is 25.1 Å². The Kier molecular flexibility index (Phi) is 6.75. The number of unbranched alkanes of at least 4 members (excludes halogenated alkanes) is 1. The van der Waals surface area contributed by atoms with E-state index in [1.807, 2.05) is 45.9 Å². The highest BCUT2D eigenvalue weighted by molar-refractivity contribution is 6.02. The number of nitrogens with zero attached hydrogens (tertiary/aromatic N) is 1. The second-order valence-electron chi connectivity index (χ2n) is 10.5. The van der Waals surface area contributed by atoms with Crippen LogP contribution in [0.15, 0.2) is 30.3 Å². The van der Waals surface area contributed by atoms with E-state index in [1.165, 1.54) is 4.90 Å². The molecule has 6 atom stereocenters. The molecule has 2 bridgehead atoms. The number of ether oxygens (including phenoxy) is 1. The van der Waals surface area contributed by atoms with Crippen LogP contribution in [-0.2, 0) is 19.1 Å². The van der Waals surface area contributed by atoms with Gasteiger partial charge in [0.2, 0.25) is 17.7 Å². The van der Waals surface area contributed by atoms with E-state index in [2.05, 4.69) is 10.6 Å². The van der Waals surface area contributed by atoms with Crippen molar-refractivity contribution >= 4 is 23.4 Å². The molecule has 1 aromatic rings. The molecule has 0 saturated carbocycles. The predicted octanol–water partition coefficient (Wildman–Crippen LogP) is 2.32. The fraction of sp³-hybridized carbons (Fsp3) is 0.654. The molecule has 3 aliphatic rings. The normalized spacial score (nSPS) is 32.7. The summed E-state index contributed by atoms with van der Waals surface area (Å²) in [6.07, 6.45) is 2.87. The monoisotopic (exact) mass is 471 g/mol. The fourth-order valence-corrected chi connectivity index (χ4v) is 6.27. The van der Waals surface area contributed by atoms with Crippen LogP contribution < -0.4 is 10.6 Å². The van der Waals surface area contributed by atoms with Crippen molar-refractivity contribution in [2.75, 3.05) is 18.5 Å². The van der Waals surface area contributed by atoms with Gasteiger partial charge in [-0.25, -0.2) is 0 Å². The zero-order valence-electron chi connectivity index (χ0n) is 20.5. The van der Waals surface area contributed by atoms with Gasteiger partial charge in [-0.3, -0.25) is 14.4 Å². The molecule has 4 rings (SSSR count). The molecule has 1 aromatic carbocycles. The molecule has 3 aliphatic heterocycles. The molecule has 3 fully saturated rings. The van der Waals surface area contributed by atoms with Crippen molar-refractivity contribution < 1.29 is 24.2 Å². The average molecular weight is 472 g/mol. The maximum Gasteiger partial charge on any atom is 0.245 e. The number of hydrogen-bond acceptors (Lipinski definition) is 5. The second kappa shape index (κ2) is 9.30.